The Kier molecular flexibility index (Phi) is 3.47. The maximum Gasteiger partial charge on any atom is 0.163 e. The maximum atomic E-state index is 8.64. The predicted molar refractivity (Wildman–Crippen MR) is 50.3 cm³/mol. The first-order chi connectivity index (χ1) is 6.05. The molecule has 1 heterocycles. The highest BCUT2D eigenvalue weighted by atomic mass is 16.7. The number of aliphatic hydroxyl groups excluding tert-OH is 1. The molecule has 1 aliphatic rings. The first-order valence-electron chi connectivity index (χ1n) is 4.64. The first-order valence-corrected chi connectivity index (χ1v) is 4.64. The molecule has 1 N–H and O–H groups in total. The van der Waals surface area contributed by atoms with Crippen molar-refractivity contribution in [1.82, 2.24) is 0 Å². The van der Waals surface area contributed by atoms with Gasteiger partial charge in [0.05, 0.1) is 19.3 Å². The molecule has 1 fully saturated rings. The second kappa shape index (κ2) is 4.22. The topological polar surface area (TPSA) is 38.7 Å². The van der Waals surface area contributed by atoms with Gasteiger partial charge < -0.3 is 14.6 Å². The van der Waals surface area contributed by atoms with Crippen molar-refractivity contribution in [2.75, 3.05) is 13.2 Å². The van der Waals surface area contributed by atoms with Crippen LogP contribution in [-0.2, 0) is 9.47 Å². The normalized spacial score (nSPS) is 33.8. The molecule has 0 bridgehead atoms. The van der Waals surface area contributed by atoms with Crippen molar-refractivity contribution in [2.45, 2.75) is 32.7 Å². The van der Waals surface area contributed by atoms with Gasteiger partial charge >= 0.3 is 0 Å². The summed E-state index contributed by atoms with van der Waals surface area (Å²) in [6.45, 7) is 6.64. The molecule has 2 atom stereocenters. The molecule has 3 nitrogen and oxygen atoms in total. The van der Waals surface area contributed by atoms with Crippen LogP contribution in [0.15, 0.2) is 12.2 Å². The van der Waals surface area contributed by atoms with E-state index in [4.69, 9.17) is 14.6 Å². The van der Waals surface area contributed by atoms with Crippen molar-refractivity contribution < 1.29 is 14.6 Å². The van der Waals surface area contributed by atoms with Gasteiger partial charge in [0.1, 0.15) is 0 Å². The molecule has 0 saturated carbocycles. The summed E-state index contributed by atoms with van der Waals surface area (Å²) in [5.74, 6) is -0.160. The zero-order chi connectivity index (χ0) is 9.90. The molecule has 0 aromatic rings. The van der Waals surface area contributed by atoms with Crippen molar-refractivity contribution in [3.05, 3.63) is 12.2 Å². The Morgan fingerprint density at radius 3 is 2.85 bits per heavy atom. The first kappa shape index (κ1) is 10.7. The number of hydrogen-bond acceptors (Lipinski definition) is 3. The lowest BCUT2D eigenvalue weighted by Gasteiger charge is -2.38. The molecule has 0 spiro atoms. The van der Waals surface area contributed by atoms with E-state index in [0.29, 0.717) is 12.5 Å². The summed E-state index contributed by atoms with van der Waals surface area (Å²) in [7, 11) is 0. The molecule has 1 saturated heterocycles. The fraction of sp³-hybridized carbons (Fsp3) is 0.800. The Morgan fingerprint density at radius 1 is 1.54 bits per heavy atom. The molecule has 76 valence electrons. The zero-order valence-corrected chi connectivity index (χ0v) is 8.49. The predicted octanol–water partition coefficient (Wildman–Crippen LogP) is 1.32. The second-order valence-electron chi connectivity index (χ2n) is 3.88. The average Bonchev–Trinajstić information content (AvgIpc) is 2.07. The second-order valence-corrected chi connectivity index (χ2v) is 3.88. The molecular formula is C10H18O3. The van der Waals surface area contributed by atoms with Crippen LogP contribution in [0.1, 0.15) is 20.8 Å². The lowest BCUT2D eigenvalue weighted by molar-refractivity contribution is -0.279. The van der Waals surface area contributed by atoms with E-state index >= 15 is 0 Å². The SMILES string of the molecule is C[C@@H]1COC(C)(C)O[C@H]1/C=C/CO. The quantitative estimate of drug-likeness (QED) is 0.661. The number of aliphatic hydroxyl groups is 1. The van der Waals surface area contributed by atoms with Gasteiger partial charge in [-0.05, 0) is 13.8 Å². The molecule has 0 aromatic heterocycles. The van der Waals surface area contributed by atoms with Gasteiger partial charge in [-0.2, -0.15) is 0 Å². The Labute approximate surface area is 79.3 Å². The summed E-state index contributed by atoms with van der Waals surface area (Å²) < 4.78 is 11.1. The summed E-state index contributed by atoms with van der Waals surface area (Å²) in [5, 5.41) is 8.64. The largest absolute Gasteiger partial charge is 0.392 e. The van der Waals surface area contributed by atoms with Crippen LogP contribution in [0.25, 0.3) is 0 Å². The fourth-order valence-corrected chi connectivity index (χ4v) is 1.33. The van der Waals surface area contributed by atoms with Crippen LogP contribution >= 0.6 is 0 Å². The minimum absolute atomic E-state index is 0.0518. The van der Waals surface area contributed by atoms with Crippen LogP contribution in [0.4, 0.5) is 0 Å². The third kappa shape index (κ3) is 3.10. The van der Waals surface area contributed by atoms with Crippen molar-refractivity contribution in [2.24, 2.45) is 5.92 Å². The molecule has 0 aromatic carbocycles. The van der Waals surface area contributed by atoms with Crippen molar-refractivity contribution >= 4 is 0 Å². The molecule has 0 radical (unpaired) electrons. The van der Waals surface area contributed by atoms with Gasteiger partial charge in [0.25, 0.3) is 0 Å². The van der Waals surface area contributed by atoms with E-state index in [1.54, 1.807) is 6.08 Å². The van der Waals surface area contributed by atoms with Crippen molar-refractivity contribution in [3.8, 4) is 0 Å². The van der Waals surface area contributed by atoms with Gasteiger partial charge in [0.15, 0.2) is 5.79 Å². The van der Waals surface area contributed by atoms with Gasteiger partial charge in [-0.3, -0.25) is 0 Å². The van der Waals surface area contributed by atoms with Crippen LogP contribution in [0.2, 0.25) is 0 Å². The highest BCUT2D eigenvalue weighted by Crippen LogP contribution is 2.26. The summed E-state index contributed by atoms with van der Waals surface area (Å²) in [5.41, 5.74) is 0. The van der Waals surface area contributed by atoms with E-state index in [-0.39, 0.29) is 12.7 Å². The number of hydrogen-bond donors (Lipinski definition) is 1. The molecule has 0 amide bonds. The van der Waals surface area contributed by atoms with Crippen LogP contribution in [-0.4, -0.2) is 30.2 Å². The van der Waals surface area contributed by atoms with Crippen LogP contribution in [0, 0.1) is 5.92 Å². The van der Waals surface area contributed by atoms with Gasteiger partial charge in [-0.1, -0.05) is 19.1 Å². The smallest absolute Gasteiger partial charge is 0.163 e. The van der Waals surface area contributed by atoms with E-state index in [1.807, 2.05) is 19.9 Å². The summed E-state index contributed by atoms with van der Waals surface area (Å²) >= 11 is 0. The summed E-state index contributed by atoms with van der Waals surface area (Å²) in [6.07, 6.45) is 3.66. The van der Waals surface area contributed by atoms with Crippen LogP contribution in [0.5, 0.6) is 0 Å². The van der Waals surface area contributed by atoms with E-state index < -0.39 is 5.79 Å². The molecule has 13 heavy (non-hydrogen) atoms. The van der Waals surface area contributed by atoms with E-state index in [9.17, 15) is 0 Å². The Bertz CT molecular complexity index is 187. The van der Waals surface area contributed by atoms with Crippen molar-refractivity contribution in [3.63, 3.8) is 0 Å². The molecule has 3 heteroatoms. The van der Waals surface area contributed by atoms with E-state index in [0.717, 1.165) is 0 Å². The molecule has 1 aliphatic heterocycles. The highest BCUT2D eigenvalue weighted by molar-refractivity contribution is 4.94. The Morgan fingerprint density at radius 2 is 2.23 bits per heavy atom. The third-order valence-electron chi connectivity index (χ3n) is 2.11. The molecule has 1 rings (SSSR count). The van der Waals surface area contributed by atoms with E-state index in [2.05, 4.69) is 6.92 Å². The minimum atomic E-state index is -0.503. The molecule has 0 aliphatic carbocycles. The van der Waals surface area contributed by atoms with Gasteiger partial charge in [0, 0.05) is 5.92 Å². The summed E-state index contributed by atoms with van der Waals surface area (Å²) in [4.78, 5) is 0. The van der Waals surface area contributed by atoms with Gasteiger partial charge in [-0.25, -0.2) is 0 Å². The monoisotopic (exact) mass is 186 g/mol. The lowest BCUT2D eigenvalue weighted by atomic mass is 10.0. The van der Waals surface area contributed by atoms with Gasteiger partial charge in [0.2, 0.25) is 0 Å². The number of rotatable bonds is 2. The Hall–Kier alpha value is -0.380. The number of ether oxygens (including phenoxy) is 2. The molecular weight excluding hydrogens is 168 g/mol. The van der Waals surface area contributed by atoms with Crippen molar-refractivity contribution in [1.29, 1.82) is 0 Å². The zero-order valence-electron chi connectivity index (χ0n) is 8.49. The molecule has 0 unspecified atom stereocenters. The van der Waals surface area contributed by atoms with Crippen LogP contribution in [0.3, 0.4) is 0 Å². The fourth-order valence-electron chi connectivity index (χ4n) is 1.33. The van der Waals surface area contributed by atoms with E-state index in [1.165, 1.54) is 0 Å². The third-order valence-corrected chi connectivity index (χ3v) is 2.11. The standard InChI is InChI=1S/C10H18O3/c1-8-7-12-10(2,3)13-9(8)5-4-6-11/h4-5,8-9,11H,6-7H2,1-3H3/b5-4+/t8-,9+/m1/s1. The van der Waals surface area contributed by atoms with Gasteiger partial charge in [-0.15, -0.1) is 0 Å². The highest BCUT2D eigenvalue weighted by Gasteiger charge is 2.32. The van der Waals surface area contributed by atoms with Crippen LogP contribution < -0.4 is 0 Å². The Balaban J connectivity index is 2.55. The lowest BCUT2D eigenvalue weighted by Crippen LogP contribution is -2.43. The average molecular weight is 186 g/mol. The maximum absolute atomic E-state index is 8.64. The minimum Gasteiger partial charge on any atom is -0.392 e. The summed E-state index contributed by atoms with van der Waals surface area (Å²) in [6, 6.07) is 0.